The summed E-state index contributed by atoms with van der Waals surface area (Å²) in [6.45, 7) is 4.72. The highest BCUT2D eigenvalue weighted by Crippen LogP contribution is 2.28. The summed E-state index contributed by atoms with van der Waals surface area (Å²) in [5, 5.41) is 10.1. The van der Waals surface area contributed by atoms with Crippen LogP contribution in [-0.2, 0) is 11.2 Å². The Labute approximate surface area is 114 Å². The molecule has 1 fully saturated rings. The van der Waals surface area contributed by atoms with Crippen molar-refractivity contribution in [1.82, 2.24) is 4.90 Å². The summed E-state index contributed by atoms with van der Waals surface area (Å²) in [5.74, 6) is 0.0797. The number of nitrogens with two attached hydrogens (primary N) is 1. The van der Waals surface area contributed by atoms with E-state index in [1.807, 2.05) is 44.2 Å². The first-order valence-electron chi connectivity index (χ1n) is 6.73. The van der Waals surface area contributed by atoms with E-state index < -0.39 is 11.6 Å². The van der Waals surface area contributed by atoms with Crippen LogP contribution in [0.15, 0.2) is 30.3 Å². The van der Waals surface area contributed by atoms with Gasteiger partial charge in [-0.05, 0) is 17.9 Å². The first kappa shape index (κ1) is 14.0. The molecule has 1 aliphatic heterocycles. The monoisotopic (exact) mass is 262 g/mol. The summed E-state index contributed by atoms with van der Waals surface area (Å²) >= 11 is 0. The number of likely N-dealkylation sites (tertiary alicyclic amines) is 1. The van der Waals surface area contributed by atoms with Crippen molar-refractivity contribution < 1.29 is 9.90 Å². The molecule has 0 saturated carbocycles. The van der Waals surface area contributed by atoms with Crippen LogP contribution in [0.2, 0.25) is 0 Å². The molecule has 1 heterocycles. The molecule has 1 saturated heterocycles. The van der Waals surface area contributed by atoms with Crippen LogP contribution >= 0.6 is 0 Å². The van der Waals surface area contributed by atoms with E-state index in [1.54, 1.807) is 4.90 Å². The predicted molar refractivity (Wildman–Crippen MR) is 74.5 cm³/mol. The first-order chi connectivity index (χ1) is 8.92. The van der Waals surface area contributed by atoms with E-state index in [-0.39, 0.29) is 11.8 Å². The number of hydrogen-bond acceptors (Lipinski definition) is 3. The van der Waals surface area contributed by atoms with Crippen LogP contribution < -0.4 is 5.73 Å². The Balaban J connectivity index is 1.88. The molecule has 104 valence electrons. The zero-order valence-corrected chi connectivity index (χ0v) is 11.5. The van der Waals surface area contributed by atoms with Crippen LogP contribution in [0.25, 0.3) is 0 Å². The van der Waals surface area contributed by atoms with Crippen molar-refractivity contribution in [2.24, 2.45) is 11.7 Å². The molecule has 1 atom stereocenters. The summed E-state index contributed by atoms with van der Waals surface area (Å²) in [7, 11) is 0. The zero-order chi connectivity index (χ0) is 14.0. The fraction of sp³-hybridized carbons (Fsp3) is 0.533. The smallest absolute Gasteiger partial charge is 0.240 e. The predicted octanol–water partition coefficient (Wildman–Crippen LogP) is 0.786. The van der Waals surface area contributed by atoms with Gasteiger partial charge >= 0.3 is 0 Å². The number of amides is 1. The average Bonchev–Trinajstić information content (AvgIpc) is 2.35. The second-order valence-corrected chi connectivity index (χ2v) is 5.75. The largest absolute Gasteiger partial charge is 0.386 e. The lowest BCUT2D eigenvalue weighted by Gasteiger charge is -2.49. The number of aliphatic hydroxyl groups is 1. The Hall–Kier alpha value is -1.39. The lowest BCUT2D eigenvalue weighted by molar-refractivity contribution is -0.165. The summed E-state index contributed by atoms with van der Waals surface area (Å²) < 4.78 is 0. The van der Waals surface area contributed by atoms with E-state index in [0.29, 0.717) is 19.5 Å². The Morgan fingerprint density at radius 1 is 1.37 bits per heavy atom. The van der Waals surface area contributed by atoms with E-state index in [0.717, 1.165) is 5.56 Å². The van der Waals surface area contributed by atoms with Gasteiger partial charge in [-0.15, -0.1) is 0 Å². The molecule has 0 bridgehead atoms. The topological polar surface area (TPSA) is 66.6 Å². The Morgan fingerprint density at radius 3 is 2.47 bits per heavy atom. The van der Waals surface area contributed by atoms with E-state index >= 15 is 0 Å². The van der Waals surface area contributed by atoms with Crippen LogP contribution in [0.3, 0.4) is 0 Å². The molecule has 1 amide bonds. The van der Waals surface area contributed by atoms with Gasteiger partial charge in [0.1, 0.15) is 5.60 Å². The molecule has 3 N–H and O–H groups in total. The normalized spacial score (nSPS) is 19.1. The van der Waals surface area contributed by atoms with Crippen LogP contribution in [0.1, 0.15) is 19.4 Å². The third-order valence-corrected chi connectivity index (χ3v) is 3.93. The number of rotatable bonds is 4. The fourth-order valence-corrected chi connectivity index (χ4v) is 2.33. The number of β-amino-alcohol motifs (C(OH)–C–C–N with tert-alkyl or cyclic N) is 1. The molecule has 4 heteroatoms. The summed E-state index contributed by atoms with van der Waals surface area (Å²) in [5.41, 5.74) is 6.28. The minimum atomic E-state index is -0.734. The van der Waals surface area contributed by atoms with Gasteiger partial charge < -0.3 is 15.7 Å². The standard InChI is InChI=1S/C15H22N2O2/c1-11(2)15(19)9-17(10-15)14(18)13(16)8-12-6-4-3-5-7-12/h3-7,11,13,19H,8-10,16H2,1-2H3/t13-/m0/s1. The maximum atomic E-state index is 12.1. The molecule has 0 unspecified atom stereocenters. The average molecular weight is 262 g/mol. The van der Waals surface area contributed by atoms with Gasteiger partial charge in [0, 0.05) is 0 Å². The van der Waals surface area contributed by atoms with E-state index in [4.69, 9.17) is 5.73 Å². The van der Waals surface area contributed by atoms with Crippen molar-refractivity contribution in [1.29, 1.82) is 0 Å². The SMILES string of the molecule is CC(C)C1(O)CN(C(=O)[C@@H](N)Cc2ccccc2)C1. The lowest BCUT2D eigenvalue weighted by Crippen LogP contribution is -2.68. The molecule has 0 radical (unpaired) electrons. The minimum Gasteiger partial charge on any atom is -0.386 e. The molecule has 0 aromatic heterocycles. The number of hydrogen-bond donors (Lipinski definition) is 2. The van der Waals surface area contributed by atoms with Gasteiger partial charge in [0.05, 0.1) is 19.1 Å². The number of carbonyl (C=O) groups is 1. The molecule has 0 spiro atoms. The van der Waals surface area contributed by atoms with Gasteiger partial charge in [0.2, 0.25) is 5.91 Å². The van der Waals surface area contributed by atoms with Gasteiger partial charge in [-0.1, -0.05) is 44.2 Å². The number of carbonyl (C=O) groups excluding carboxylic acids is 1. The second-order valence-electron chi connectivity index (χ2n) is 5.75. The molecule has 4 nitrogen and oxygen atoms in total. The summed E-state index contributed by atoms with van der Waals surface area (Å²) in [4.78, 5) is 13.8. The highest BCUT2D eigenvalue weighted by atomic mass is 16.3. The highest BCUT2D eigenvalue weighted by molar-refractivity contribution is 5.83. The van der Waals surface area contributed by atoms with Crippen molar-refractivity contribution in [2.75, 3.05) is 13.1 Å². The number of benzene rings is 1. The van der Waals surface area contributed by atoms with Crippen LogP contribution in [0.4, 0.5) is 0 Å². The Kier molecular flexibility index (Phi) is 3.92. The Bertz CT molecular complexity index is 439. The molecule has 1 aromatic carbocycles. The van der Waals surface area contributed by atoms with Crippen molar-refractivity contribution in [3.05, 3.63) is 35.9 Å². The van der Waals surface area contributed by atoms with E-state index in [9.17, 15) is 9.90 Å². The van der Waals surface area contributed by atoms with Crippen molar-refractivity contribution in [2.45, 2.75) is 31.9 Å². The van der Waals surface area contributed by atoms with Gasteiger partial charge in [0.15, 0.2) is 0 Å². The fourth-order valence-electron chi connectivity index (χ4n) is 2.33. The lowest BCUT2D eigenvalue weighted by atomic mass is 9.82. The van der Waals surface area contributed by atoms with Crippen LogP contribution in [0.5, 0.6) is 0 Å². The zero-order valence-electron chi connectivity index (χ0n) is 11.5. The van der Waals surface area contributed by atoms with Crippen molar-refractivity contribution in [3.63, 3.8) is 0 Å². The van der Waals surface area contributed by atoms with Crippen molar-refractivity contribution >= 4 is 5.91 Å². The molecule has 1 aliphatic rings. The molecular weight excluding hydrogens is 240 g/mol. The van der Waals surface area contributed by atoms with Gasteiger partial charge in [0.25, 0.3) is 0 Å². The van der Waals surface area contributed by atoms with Gasteiger partial charge in [-0.3, -0.25) is 4.79 Å². The molecule has 19 heavy (non-hydrogen) atoms. The molecule has 2 rings (SSSR count). The summed E-state index contributed by atoms with van der Waals surface area (Å²) in [6, 6.07) is 9.22. The maximum absolute atomic E-state index is 12.1. The van der Waals surface area contributed by atoms with Gasteiger partial charge in [-0.25, -0.2) is 0 Å². The minimum absolute atomic E-state index is 0.0748. The third-order valence-electron chi connectivity index (χ3n) is 3.93. The molecule has 0 aliphatic carbocycles. The molecule has 1 aromatic rings. The van der Waals surface area contributed by atoms with E-state index in [1.165, 1.54) is 0 Å². The highest BCUT2D eigenvalue weighted by Gasteiger charge is 2.46. The van der Waals surface area contributed by atoms with Crippen LogP contribution in [0, 0.1) is 5.92 Å². The van der Waals surface area contributed by atoms with Crippen LogP contribution in [-0.4, -0.2) is 40.6 Å². The van der Waals surface area contributed by atoms with Crippen molar-refractivity contribution in [3.8, 4) is 0 Å². The molecular formula is C15H22N2O2. The van der Waals surface area contributed by atoms with E-state index in [2.05, 4.69) is 0 Å². The third kappa shape index (κ3) is 2.96. The Morgan fingerprint density at radius 2 is 1.95 bits per heavy atom. The maximum Gasteiger partial charge on any atom is 0.240 e. The second kappa shape index (κ2) is 5.31. The quantitative estimate of drug-likeness (QED) is 0.843. The first-order valence-corrected chi connectivity index (χ1v) is 6.73. The number of nitrogens with zero attached hydrogens (tertiary/aromatic N) is 1. The summed E-state index contributed by atoms with van der Waals surface area (Å²) in [6.07, 6.45) is 0.538. The van der Waals surface area contributed by atoms with Gasteiger partial charge in [-0.2, -0.15) is 0 Å².